The molecular formula is C15H18N2. The molecule has 1 aromatic heterocycles. The molecule has 1 unspecified atom stereocenters. The molecule has 3 rings (SSSR count). The summed E-state index contributed by atoms with van der Waals surface area (Å²) in [5.41, 5.74) is 2.35. The van der Waals surface area contributed by atoms with Gasteiger partial charge in [-0.2, -0.15) is 0 Å². The van der Waals surface area contributed by atoms with Crippen LogP contribution in [0.1, 0.15) is 38.1 Å². The van der Waals surface area contributed by atoms with Crippen LogP contribution in [-0.4, -0.2) is 9.55 Å². The molecule has 17 heavy (non-hydrogen) atoms. The summed E-state index contributed by atoms with van der Waals surface area (Å²) in [7, 11) is 0. The summed E-state index contributed by atoms with van der Waals surface area (Å²) in [4.78, 5) is 4.48. The van der Waals surface area contributed by atoms with Gasteiger partial charge in [0.25, 0.3) is 0 Å². The number of aromatic nitrogens is 2. The molecule has 2 nitrogen and oxygen atoms in total. The topological polar surface area (TPSA) is 17.8 Å². The molecule has 1 heterocycles. The highest BCUT2D eigenvalue weighted by atomic mass is 15.1. The first-order valence-electron chi connectivity index (χ1n) is 6.53. The fraction of sp³-hybridized carbons (Fsp3) is 0.400. The molecule has 2 heteroatoms. The number of para-hydroxylation sites is 2. The molecule has 0 spiro atoms. The first-order chi connectivity index (χ1) is 8.45. The predicted octanol–water partition coefficient (Wildman–Crippen LogP) is 4.10. The third kappa shape index (κ3) is 2.12. The predicted molar refractivity (Wildman–Crippen MR) is 71.0 cm³/mol. The lowest BCUT2D eigenvalue weighted by Gasteiger charge is -2.17. The Balaban J connectivity index is 1.98. The molecule has 1 aromatic carbocycles. The number of benzene rings is 1. The Bertz CT molecular complexity index is 524. The van der Waals surface area contributed by atoms with Crippen molar-refractivity contribution in [2.75, 3.05) is 0 Å². The summed E-state index contributed by atoms with van der Waals surface area (Å²) in [6.45, 7) is 0. The average Bonchev–Trinajstić information content (AvgIpc) is 2.73. The molecule has 0 radical (unpaired) electrons. The molecule has 0 saturated heterocycles. The quantitative estimate of drug-likeness (QED) is 0.669. The molecule has 0 N–H and O–H groups in total. The van der Waals surface area contributed by atoms with E-state index in [9.17, 15) is 0 Å². The highest BCUT2D eigenvalue weighted by Gasteiger charge is 2.11. The monoisotopic (exact) mass is 226 g/mol. The van der Waals surface area contributed by atoms with Gasteiger partial charge in [0, 0.05) is 0 Å². The molecular weight excluding hydrogens is 208 g/mol. The van der Waals surface area contributed by atoms with Gasteiger partial charge < -0.3 is 4.57 Å². The van der Waals surface area contributed by atoms with Crippen LogP contribution in [0, 0.1) is 0 Å². The lowest BCUT2D eigenvalue weighted by atomic mass is 10.0. The number of hydrogen-bond donors (Lipinski definition) is 0. The Morgan fingerprint density at radius 1 is 1.12 bits per heavy atom. The lowest BCUT2D eigenvalue weighted by molar-refractivity contribution is 0.511. The standard InChI is InChI=1S/C15H18N2/c1-2-4-8-13(9-5-3-1)17-12-16-14-10-6-7-11-15(14)17/h4,6-8,10-13H,1-3,5,9H2/b8-4+. The van der Waals surface area contributed by atoms with Crippen molar-refractivity contribution < 1.29 is 0 Å². The fourth-order valence-corrected chi connectivity index (χ4v) is 2.62. The highest BCUT2D eigenvalue weighted by molar-refractivity contribution is 5.75. The zero-order valence-corrected chi connectivity index (χ0v) is 10.0. The van der Waals surface area contributed by atoms with E-state index < -0.39 is 0 Å². The first-order valence-corrected chi connectivity index (χ1v) is 6.53. The molecule has 0 amide bonds. The van der Waals surface area contributed by atoms with Crippen LogP contribution in [-0.2, 0) is 0 Å². The van der Waals surface area contributed by atoms with Gasteiger partial charge in [-0.25, -0.2) is 4.98 Å². The number of fused-ring (bicyclic) bond motifs is 1. The molecule has 88 valence electrons. The minimum Gasteiger partial charge on any atom is -0.324 e. The van der Waals surface area contributed by atoms with E-state index in [1.807, 2.05) is 12.4 Å². The van der Waals surface area contributed by atoms with E-state index in [0.717, 1.165) is 5.52 Å². The minimum absolute atomic E-state index is 0.489. The maximum atomic E-state index is 4.48. The van der Waals surface area contributed by atoms with Crippen molar-refractivity contribution in [1.29, 1.82) is 0 Å². The molecule has 0 fully saturated rings. The maximum Gasteiger partial charge on any atom is 0.0963 e. The van der Waals surface area contributed by atoms with Crippen LogP contribution >= 0.6 is 0 Å². The highest BCUT2D eigenvalue weighted by Crippen LogP contribution is 2.25. The Hall–Kier alpha value is -1.57. The molecule has 0 saturated carbocycles. The van der Waals surface area contributed by atoms with Crippen molar-refractivity contribution >= 4 is 11.0 Å². The zero-order valence-electron chi connectivity index (χ0n) is 10.0. The molecule has 0 aliphatic heterocycles. The summed E-state index contributed by atoms with van der Waals surface area (Å²) in [6, 6.07) is 8.87. The van der Waals surface area contributed by atoms with Gasteiger partial charge in [-0.05, 0) is 31.4 Å². The molecule has 2 aromatic rings. The van der Waals surface area contributed by atoms with Crippen molar-refractivity contribution in [3.05, 3.63) is 42.7 Å². The largest absolute Gasteiger partial charge is 0.324 e. The van der Waals surface area contributed by atoms with E-state index in [1.165, 1.54) is 37.6 Å². The van der Waals surface area contributed by atoms with Crippen LogP contribution in [0.5, 0.6) is 0 Å². The van der Waals surface area contributed by atoms with Gasteiger partial charge in [0.15, 0.2) is 0 Å². The molecule has 0 bridgehead atoms. The van der Waals surface area contributed by atoms with Crippen LogP contribution in [0.15, 0.2) is 42.7 Å². The normalized spacial score (nSPS) is 23.2. The minimum atomic E-state index is 0.489. The van der Waals surface area contributed by atoms with Gasteiger partial charge in [-0.1, -0.05) is 37.1 Å². The summed E-state index contributed by atoms with van der Waals surface area (Å²) < 4.78 is 2.32. The van der Waals surface area contributed by atoms with Crippen LogP contribution in [0.2, 0.25) is 0 Å². The second-order valence-corrected chi connectivity index (χ2v) is 4.77. The first kappa shape index (κ1) is 10.6. The van der Waals surface area contributed by atoms with Gasteiger partial charge in [0.2, 0.25) is 0 Å². The van der Waals surface area contributed by atoms with Gasteiger partial charge in [0.05, 0.1) is 23.4 Å². The maximum absolute atomic E-state index is 4.48. The van der Waals surface area contributed by atoms with Crippen molar-refractivity contribution in [2.24, 2.45) is 0 Å². The van der Waals surface area contributed by atoms with Gasteiger partial charge >= 0.3 is 0 Å². The van der Waals surface area contributed by atoms with Gasteiger partial charge in [0.1, 0.15) is 0 Å². The number of nitrogens with zero attached hydrogens (tertiary/aromatic N) is 2. The number of rotatable bonds is 1. The Morgan fingerprint density at radius 3 is 3.06 bits per heavy atom. The van der Waals surface area contributed by atoms with Gasteiger partial charge in [-0.3, -0.25) is 0 Å². The van der Waals surface area contributed by atoms with E-state index in [4.69, 9.17) is 0 Å². The van der Waals surface area contributed by atoms with Gasteiger partial charge in [-0.15, -0.1) is 0 Å². The van der Waals surface area contributed by atoms with Crippen molar-refractivity contribution in [3.63, 3.8) is 0 Å². The smallest absolute Gasteiger partial charge is 0.0963 e. The Morgan fingerprint density at radius 2 is 2.06 bits per heavy atom. The number of allylic oxidation sites excluding steroid dienone is 2. The zero-order chi connectivity index (χ0) is 11.5. The Kier molecular flexibility index (Phi) is 2.95. The third-order valence-corrected chi connectivity index (χ3v) is 3.57. The van der Waals surface area contributed by atoms with E-state index in [0.29, 0.717) is 6.04 Å². The average molecular weight is 226 g/mol. The lowest BCUT2D eigenvalue weighted by Crippen LogP contribution is -2.06. The van der Waals surface area contributed by atoms with E-state index >= 15 is 0 Å². The summed E-state index contributed by atoms with van der Waals surface area (Å²) in [6.07, 6.45) is 13.1. The summed E-state index contributed by atoms with van der Waals surface area (Å²) in [5.74, 6) is 0. The van der Waals surface area contributed by atoms with Crippen LogP contribution in [0.3, 0.4) is 0 Å². The van der Waals surface area contributed by atoms with Crippen LogP contribution in [0.25, 0.3) is 11.0 Å². The van der Waals surface area contributed by atoms with Crippen molar-refractivity contribution in [1.82, 2.24) is 9.55 Å². The van der Waals surface area contributed by atoms with Crippen LogP contribution in [0.4, 0.5) is 0 Å². The SMILES string of the molecule is C1=C/C(n2cnc3ccccc32)CCCCC/1. The third-order valence-electron chi connectivity index (χ3n) is 3.57. The van der Waals surface area contributed by atoms with Crippen LogP contribution < -0.4 is 0 Å². The number of hydrogen-bond acceptors (Lipinski definition) is 1. The van der Waals surface area contributed by atoms with E-state index in [1.54, 1.807) is 0 Å². The van der Waals surface area contributed by atoms with Crippen molar-refractivity contribution in [2.45, 2.75) is 38.1 Å². The second kappa shape index (κ2) is 4.74. The Labute approximate surface area is 102 Å². The second-order valence-electron chi connectivity index (χ2n) is 4.77. The fourth-order valence-electron chi connectivity index (χ4n) is 2.62. The summed E-state index contributed by atoms with van der Waals surface area (Å²) in [5, 5.41) is 0. The molecule has 1 aliphatic rings. The van der Waals surface area contributed by atoms with E-state index in [-0.39, 0.29) is 0 Å². The van der Waals surface area contributed by atoms with Crippen molar-refractivity contribution in [3.8, 4) is 0 Å². The molecule has 1 atom stereocenters. The molecule has 1 aliphatic carbocycles. The number of imidazole rings is 1. The van der Waals surface area contributed by atoms with E-state index in [2.05, 4.69) is 39.9 Å². The summed E-state index contributed by atoms with van der Waals surface area (Å²) >= 11 is 0.